The molecule has 4 rings (SSSR count). The first-order valence-corrected chi connectivity index (χ1v) is 12.5. The molecule has 0 saturated heterocycles. The predicted molar refractivity (Wildman–Crippen MR) is 134 cm³/mol. The van der Waals surface area contributed by atoms with E-state index < -0.39 is 41.7 Å². The number of halogens is 5. The van der Waals surface area contributed by atoms with Crippen LogP contribution < -0.4 is 11.1 Å². The van der Waals surface area contributed by atoms with E-state index in [9.17, 15) is 31.5 Å². The fraction of sp³-hybridized carbons (Fsp3) is 0.375. The number of hydrogen-bond donors (Lipinski definition) is 2. The second kappa shape index (κ2) is 10.4. The van der Waals surface area contributed by atoms with Crippen molar-refractivity contribution in [1.29, 1.82) is 0 Å². The van der Waals surface area contributed by atoms with Gasteiger partial charge < -0.3 is 11.1 Å². The molecule has 0 radical (unpaired) electrons. The van der Waals surface area contributed by atoms with Gasteiger partial charge in [-0.25, -0.2) is 13.8 Å². The molecule has 0 saturated carbocycles. The van der Waals surface area contributed by atoms with E-state index in [2.05, 4.69) is 20.5 Å². The summed E-state index contributed by atoms with van der Waals surface area (Å²) < 4.78 is 69.3. The lowest BCUT2D eigenvalue weighted by Gasteiger charge is -2.15. The van der Waals surface area contributed by atoms with Gasteiger partial charge in [0.2, 0.25) is 5.91 Å². The number of aromatic nitrogens is 5. The summed E-state index contributed by atoms with van der Waals surface area (Å²) >= 11 is 0.754. The highest BCUT2D eigenvalue weighted by atomic mass is 32.1. The third kappa shape index (κ3) is 5.48. The summed E-state index contributed by atoms with van der Waals surface area (Å²) in [7, 11) is 0. The quantitative estimate of drug-likeness (QED) is 0.278. The van der Waals surface area contributed by atoms with Crippen LogP contribution in [0.3, 0.4) is 0 Å². The van der Waals surface area contributed by atoms with Crippen LogP contribution in [-0.2, 0) is 24.1 Å². The summed E-state index contributed by atoms with van der Waals surface area (Å²) in [6.07, 6.45) is -5.89. The van der Waals surface area contributed by atoms with Crippen molar-refractivity contribution in [3.63, 3.8) is 0 Å². The van der Waals surface area contributed by atoms with Gasteiger partial charge in [-0.05, 0) is 38.5 Å². The van der Waals surface area contributed by atoms with Crippen LogP contribution in [-0.4, -0.2) is 36.4 Å². The molecule has 1 unspecified atom stereocenters. The minimum Gasteiger partial charge on any atom is -0.365 e. The number of pyridine rings is 1. The molecule has 3 N–H and O–H groups in total. The van der Waals surface area contributed by atoms with E-state index in [1.165, 1.54) is 19.9 Å². The Morgan fingerprint density at radius 2 is 1.85 bits per heavy atom. The average molecular weight is 570 g/mol. The number of hydrogen-bond acceptors (Lipinski definition) is 6. The van der Waals surface area contributed by atoms with Crippen LogP contribution in [0.15, 0.2) is 18.3 Å². The van der Waals surface area contributed by atoms with Crippen molar-refractivity contribution in [2.24, 2.45) is 11.7 Å². The first-order chi connectivity index (χ1) is 18.2. The van der Waals surface area contributed by atoms with Gasteiger partial charge in [0.15, 0.2) is 5.69 Å². The Labute approximate surface area is 222 Å². The van der Waals surface area contributed by atoms with Gasteiger partial charge in [-0.1, -0.05) is 6.92 Å². The number of thiophene rings is 1. The van der Waals surface area contributed by atoms with Crippen molar-refractivity contribution in [2.75, 3.05) is 5.32 Å². The molecule has 0 bridgehead atoms. The van der Waals surface area contributed by atoms with E-state index >= 15 is 0 Å². The summed E-state index contributed by atoms with van der Waals surface area (Å²) in [5.41, 5.74) is 5.44. The molecule has 1 atom stereocenters. The Morgan fingerprint density at radius 1 is 1.15 bits per heavy atom. The highest BCUT2D eigenvalue weighted by molar-refractivity contribution is 7.21. The Bertz CT molecular complexity index is 1570. The molecule has 0 aromatic carbocycles. The molecular weight excluding hydrogens is 545 g/mol. The molecule has 4 aromatic rings. The summed E-state index contributed by atoms with van der Waals surface area (Å²) in [6, 6.07) is 2.05. The van der Waals surface area contributed by atoms with Crippen LogP contribution in [0.25, 0.3) is 21.3 Å². The molecule has 9 nitrogen and oxygen atoms in total. The molecule has 4 aromatic heterocycles. The maximum absolute atomic E-state index is 13.7. The van der Waals surface area contributed by atoms with Gasteiger partial charge in [-0.15, -0.1) is 11.3 Å². The van der Waals surface area contributed by atoms with Crippen molar-refractivity contribution < 1.29 is 31.5 Å². The van der Waals surface area contributed by atoms with Gasteiger partial charge in [0.25, 0.3) is 12.3 Å². The number of rotatable bonds is 8. The van der Waals surface area contributed by atoms with Crippen LogP contribution in [0, 0.1) is 19.8 Å². The molecule has 2 amide bonds. The zero-order valence-corrected chi connectivity index (χ0v) is 22.0. The number of amides is 2. The molecule has 39 heavy (non-hydrogen) atoms. The molecule has 0 fully saturated rings. The summed E-state index contributed by atoms with van der Waals surface area (Å²) in [6.45, 7) is 6.78. The van der Waals surface area contributed by atoms with Crippen LogP contribution in [0.5, 0.6) is 0 Å². The van der Waals surface area contributed by atoms with Crippen molar-refractivity contribution in [1.82, 2.24) is 24.5 Å². The fourth-order valence-electron chi connectivity index (χ4n) is 4.10. The van der Waals surface area contributed by atoms with E-state index in [0.717, 1.165) is 22.1 Å². The third-order valence-electron chi connectivity index (χ3n) is 6.10. The SMILES string of the molecule is CCn1cc(-c2cc(C(F)F)nc3sc(C(N)=O)c(NC(=O)C(C)Cn4nc(C(F)(F)F)cc4C)c23)c(C)n1. The molecule has 0 aliphatic carbocycles. The monoisotopic (exact) mass is 569 g/mol. The molecule has 0 aliphatic heterocycles. The average Bonchev–Trinajstić information content (AvgIpc) is 3.53. The number of aryl methyl sites for hydroxylation is 3. The molecule has 0 aliphatic rings. The van der Waals surface area contributed by atoms with Crippen LogP contribution in [0.1, 0.15) is 52.7 Å². The smallest absolute Gasteiger partial charge is 0.365 e. The summed E-state index contributed by atoms with van der Waals surface area (Å²) in [5.74, 6) is -2.46. The van der Waals surface area contributed by atoms with E-state index in [1.807, 2.05) is 6.92 Å². The molecule has 4 heterocycles. The maximum Gasteiger partial charge on any atom is 0.435 e. The number of nitrogens with one attached hydrogen (secondary N) is 1. The Balaban J connectivity index is 1.79. The standard InChI is InChI=1S/C24H24F5N7O2S/c1-5-35-9-14(12(4)33-35)13-7-15(20(25)26)31-23-17(13)18(19(39-23)21(30)37)32-22(38)10(2)8-36-11(3)6-16(34-36)24(27,28)29/h6-7,9-10,20H,5,8H2,1-4H3,(H2,30,37)(H,32,38). The summed E-state index contributed by atoms with van der Waals surface area (Å²) in [5, 5.41) is 10.8. The number of nitrogens with zero attached hydrogens (tertiary/aromatic N) is 5. The van der Waals surface area contributed by atoms with Gasteiger partial charge in [0, 0.05) is 29.4 Å². The predicted octanol–water partition coefficient (Wildman–Crippen LogP) is 5.32. The Hall–Kier alpha value is -3.88. The van der Waals surface area contributed by atoms with Crippen LogP contribution in [0.4, 0.5) is 27.6 Å². The Morgan fingerprint density at radius 3 is 2.38 bits per heavy atom. The van der Waals surface area contributed by atoms with Crippen LogP contribution in [0.2, 0.25) is 0 Å². The number of anilines is 1. The lowest BCUT2D eigenvalue weighted by Crippen LogP contribution is -2.26. The van der Waals surface area contributed by atoms with Crippen LogP contribution >= 0.6 is 11.3 Å². The van der Waals surface area contributed by atoms with Gasteiger partial charge in [-0.2, -0.15) is 23.4 Å². The number of carbonyl (C=O) groups is 2. The second-order valence-corrected chi connectivity index (χ2v) is 9.97. The topological polar surface area (TPSA) is 121 Å². The highest BCUT2D eigenvalue weighted by Crippen LogP contribution is 2.43. The Kier molecular flexibility index (Phi) is 7.47. The molecule has 0 spiro atoms. The van der Waals surface area contributed by atoms with Gasteiger partial charge in [-0.3, -0.25) is 19.0 Å². The lowest BCUT2D eigenvalue weighted by molar-refractivity contribution is -0.141. The number of primary amides is 1. The lowest BCUT2D eigenvalue weighted by atomic mass is 10.0. The first kappa shape index (κ1) is 28.1. The normalized spacial score (nSPS) is 12.9. The zero-order chi connectivity index (χ0) is 28.8. The molecule has 15 heteroatoms. The van der Waals surface area contributed by atoms with Crippen molar-refractivity contribution in [3.05, 3.63) is 46.0 Å². The molecule has 208 valence electrons. The first-order valence-electron chi connectivity index (χ1n) is 11.7. The largest absolute Gasteiger partial charge is 0.435 e. The van der Waals surface area contributed by atoms with Gasteiger partial charge in [0.1, 0.15) is 15.4 Å². The van der Waals surface area contributed by atoms with E-state index in [0.29, 0.717) is 17.8 Å². The van der Waals surface area contributed by atoms with Gasteiger partial charge >= 0.3 is 6.18 Å². The number of fused-ring (bicyclic) bond motifs is 1. The fourth-order valence-corrected chi connectivity index (χ4v) is 5.12. The maximum atomic E-state index is 13.7. The van der Waals surface area contributed by atoms with Gasteiger partial charge in [0.05, 0.1) is 23.8 Å². The van der Waals surface area contributed by atoms with Crippen molar-refractivity contribution in [3.8, 4) is 11.1 Å². The number of nitrogens with two attached hydrogens (primary N) is 1. The summed E-state index contributed by atoms with van der Waals surface area (Å²) in [4.78, 5) is 29.5. The number of carbonyl (C=O) groups excluding carboxylic acids is 2. The number of alkyl halides is 5. The zero-order valence-electron chi connectivity index (χ0n) is 21.2. The highest BCUT2D eigenvalue weighted by Gasteiger charge is 2.35. The van der Waals surface area contributed by atoms with E-state index in [-0.39, 0.29) is 38.6 Å². The minimum absolute atomic E-state index is 0.0144. The van der Waals surface area contributed by atoms with Crippen molar-refractivity contribution >= 4 is 39.1 Å². The molecular formula is C24H24F5N7O2S. The minimum atomic E-state index is -4.64. The second-order valence-electron chi connectivity index (χ2n) is 8.97. The van der Waals surface area contributed by atoms with E-state index in [1.54, 1.807) is 17.8 Å². The van der Waals surface area contributed by atoms with E-state index in [4.69, 9.17) is 5.73 Å². The van der Waals surface area contributed by atoms with Crippen molar-refractivity contribution in [2.45, 2.75) is 53.4 Å². The third-order valence-corrected chi connectivity index (χ3v) is 7.20.